The molecular formula is C36H47N9O6. The van der Waals surface area contributed by atoms with Crippen LogP contribution in [0, 0.1) is 0 Å². The van der Waals surface area contributed by atoms with E-state index in [9.17, 15) is 14.8 Å². The first-order valence-corrected chi connectivity index (χ1v) is 17.5. The fourth-order valence-electron chi connectivity index (χ4n) is 6.55. The van der Waals surface area contributed by atoms with E-state index in [0.717, 1.165) is 64.1 Å². The van der Waals surface area contributed by atoms with Crippen molar-refractivity contribution in [3.63, 3.8) is 0 Å². The minimum atomic E-state index is -0.776. The van der Waals surface area contributed by atoms with E-state index in [2.05, 4.69) is 25.5 Å². The molecule has 0 radical (unpaired) electrons. The Kier molecular flexibility index (Phi) is 11.7. The number of amides is 2. The van der Waals surface area contributed by atoms with Crippen molar-refractivity contribution in [2.45, 2.75) is 45.1 Å². The van der Waals surface area contributed by atoms with Gasteiger partial charge in [0, 0.05) is 63.1 Å². The van der Waals surface area contributed by atoms with Crippen LogP contribution in [0.5, 0.6) is 11.5 Å². The number of benzene rings is 2. The average Bonchev–Trinajstić information content (AvgIpc) is 3.16. The van der Waals surface area contributed by atoms with Crippen LogP contribution in [0.4, 0.5) is 23.0 Å². The standard InChI is InChI=1S/C36H47N9O6/c1-3-28-35(38-25-12-20-50-21-13-25)40-36(33(39-28)34(37)47)41-45-26-8-11-29(31(22-26)49-2)44-17-15-43(16-18-44)14-4-5-19-51-27-9-6-24(7-10-27)30(45)23-32(46)42-48/h6-11,22-23,25,48H,3-5,12-21H2,1-2H3,(H2,37,47)(H,42,46)(H2,38,40,41)/b30-23+. The lowest BCUT2D eigenvalue weighted by molar-refractivity contribution is -0.124. The van der Waals surface area contributed by atoms with Crippen molar-refractivity contribution in [3.05, 3.63) is 65.5 Å². The third-order valence-electron chi connectivity index (χ3n) is 9.36. The predicted octanol–water partition coefficient (Wildman–Crippen LogP) is 3.41. The Bertz CT molecular complexity index is 1710. The highest BCUT2D eigenvalue weighted by Crippen LogP contribution is 2.37. The minimum Gasteiger partial charge on any atom is -0.495 e. The molecule has 1 aromatic heterocycles. The topological polar surface area (TPSA) is 180 Å². The molecule has 51 heavy (non-hydrogen) atoms. The van der Waals surface area contributed by atoms with Crippen LogP contribution >= 0.6 is 0 Å². The third kappa shape index (κ3) is 8.61. The average molecular weight is 702 g/mol. The van der Waals surface area contributed by atoms with E-state index in [1.807, 2.05) is 49.4 Å². The Balaban J connectivity index is 1.49. The molecule has 0 saturated carbocycles. The summed E-state index contributed by atoms with van der Waals surface area (Å²) in [5, 5.41) is 14.7. The van der Waals surface area contributed by atoms with Gasteiger partial charge in [-0.15, -0.1) is 0 Å². The molecule has 15 nitrogen and oxygen atoms in total. The summed E-state index contributed by atoms with van der Waals surface area (Å²) in [4.78, 5) is 40.1. The van der Waals surface area contributed by atoms with Gasteiger partial charge >= 0.3 is 0 Å². The van der Waals surface area contributed by atoms with E-state index in [4.69, 9.17) is 24.9 Å². The van der Waals surface area contributed by atoms with Crippen LogP contribution in [0.3, 0.4) is 0 Å². The molecule has 0 atom stereocenters. The maximum absolute atomic E-state index is 12.9. The van der Waals surface area contributed by atoms with Crippen molar-refractivity contribution in [1.82, 2.24) is 20.3 Å². The van der Waals surface area contributed by atoms with Crippen LogP contribution in [0.1, 0.15) is 54.4 Å². The minimum absolute atomic E-state index is 0.0714. The number of carbonyl (C=O) groups excluding carboxylic acids is 2. The van der Waals surface area contributed by atoms with Crippen LogP contribution in [-0.4, -0.2) is 97.6 Å². The van der Waals surface area contributed by atoms with E-state index in [0.29, 0.717) is 66.2 Å². The van der Waals surface area contributed by atoms with Crippen LogP contribution in [-0.2, 0) is 16.0 Å². The Morgan fingerprint density at radius 3 is 2.45 bits per heavy atom. The summed E-state index contributed by atoms with van der Waals surface area (Å²) in [5.41, 5.74) is 13.8. The van der Waals surface area contributed by atoms with Gasteiger partial charge in [-0.2, -0.15) is 0 Å². The smallest absolute Gasteiger partial charge is 0.271 e. The second kappa shape index (κ2) is 16.7. The summed E-state index contributed by atoms with van der Waals surface area (Å²) in [6.07, 6.45) is 5.28. The van der Waals surface area contributed by atoms with E-state index in [1.165, 1.54) is 6.08 Å². The second-order valence-electron chi connectivity index (χ2n) is 12.7. The van der Waals surface area contributed by atoms with Gasteiger partial charge in [0.2, 0.25) is 0 Å². The van der Waals surface area contributed by atoms with E-state index in [-0.39, 0.29) is 17.6 Å². The van der Waals surface area contributed by atoms with Gasteiger partial charge in [-0.05, 0) is 75.0 Å². The molecule has 2 fully saturated rings. The number of ether oxygens (including phenoxy) is 3. The van der Waals surface area contributed by atoms with E-state index < -0.39 is 11.8 Å². The van der Waals surface area contributed by atoms with E-state index in [1.54, 1.807) is 17.6 Å². The molecule has 0 unspecified atom stereocenters. The quantitative estimate of drug-likeness (QED) is 0.131. The molecule has 3 aromatic rings. The Morgan fingerprint density at radius 2 is 1.76 bits per heavy atom. The highest BCUT2D eigenvalue weighted by Gasteiger charge is 2.26. The monoisotopic (exact) mass is 701 g/mol. The number of rotatable bonds is 8. The molecule has 6 bridgehead atoms. The zero-order valence-electron chi connectivity index (χ0n) is 29.2. The number of hydroxylamine groups is 1. The van der Waals surface area contributed by atoms with Gasteiger partial charge in [0.05, 0.1) is 36.5 Å². The number of nitrogens with two attached hydrogens (primary N) is 1. The number of carbonyl (C=O) groups is 2. The lowest BCUT2D eigenvalue weighted by atomic mass is 10.1. The second-order valence-corrected chi connectivity index (χ2v) is 12.7. The third-order valence-corrected chi connectivity index (χ3v) is 9.36. The van der Waals surface area contributed by atoms with Crippen molar-refractivity contribution in [3.8, 4) is 11.5 Å². The van der Waals surface area contributed by atoms with Crippen LogP contribution < -0.4 is 41.3 Å². The Hall–Kier alpha value is -5.12. The molecule has 2 aromatic carbocycles. The first-order chi connectivity index (χ1) is 24.9. The number of piperazine rings is 1. The lowest BCUT2D eigenvalue weighted by Gasteiger charge is -2.37. The number of aryl methyl sites for hydroxylation is 1. The number of hydrogen-bond acceptors (Lipinski definition) is 13. The Labute approximate surface area is 297 Å². The molecule has 8 heterocycles. The van der Waals surface area contributed by atoms with Crippen molar-refractivity contribution in [2.75, 3.05) is 80.3 Å². The van der Waals surface area contributed by atoms with Gasteiger partial charge in [0.1, 0.15) is 11.5 Å². The van der Waals surface area contributed by atoms with Gasteiger partial charge in [0.15, 0.2) is 17.3 Å². The fourth-order valence-corrected chi connectivity index (χ4v) is 6.55. The summed E-state index contributed by atoms with van der Waals surface area (Å²) in [6.45, 7) is 8.31. The number of nitrogens with one attached hydrogen (secondary N) is 3. The zero-order valence-corrected chi connectivity index (χ0v) is 29.2. The van der Waals surface area contributed by atoms with Gasteiger partial charge in [-0.3, -0.25) is 30.1 Å². The Morgan fingerprint density at radius 1 is 1.00 bits per heavy atom. The zero-order chi connectivity index (χ0) is 35.7. The molecule has 7 aliphatic rings. The maximum atomic E-state index is 12.9. The number of hydrogen-bond donors (Lipinski definition) is 5. The van der Waals surface area contributed by atoms with Crippen molar-refractivity contribution < 1.29 is 29.0 Å². The van der Waals surface area contributed by atoms with Crippen molar-refractivity contribution >= 4 is 40.5 Å². The van der Waals surface area contributed by atoms with Crippen LogP contribution in [0.15, 0.2) is 48.5 Å². The summed E-state index contributed by atoms with van der Waals surface area (Å²) in [5.74, 6) is 0.333. The number of anilines is 4. The van der Waals surface area contributed by atoms with Crippen LogP contribution in [0.2, 0.25) is 0 Å². The molecule has 7 aliphatic heterocycles. The first-order valence-electron chi connectivity index (χ1n) is 17.5. The normalized spacial score (nSPS) is 18.1. The molecule has 0 aliphatic carbocycles. The molecule has 2 amide bonds. The van der Waals surface area contributed by atoms with Crippen molar-refractivity contribution in [1.29, 1.82) is 0 Å². The molecule has 6 N–H and O–H groups in total. The highest BCUT2D eigenvalue weighted by molar-refractivity contribution is 6.00. The van der Waals surface area contributed by atoms with Gasteiger partial charge in [-0.25, -0.2) is 15.4 Å². The van der Waals surface area contributed by atoms with Crippen LogP contribution in [0.25, 0.3) is 5.70 Å². The molecule has 15 heteroatoms. The van der Waals surface area contributed by atoms with Gasteiger partial charge in [0.25, 0.3) is 11.8 Å². The highest BCUT2D eigenvalue weighted by atomic mass is 16.5. The number of primary amides is 1. The number of nitrogens with zero attached hydrogens (tertiary/aromatic N) is 5. The van der Waals surface area contributed by atoms with Gasteiger partial charge in [-0.1, -0.05) is 6.92 Å². The molecule has 0 spiro atoms. The molecule has 272 valence electrons. The summed E-state index contributed by atoms with van der Waals surface area (Å²) < 4.78 is 17.5. The number of hydrazine groups is 1. The summed E-state index contributed by atoms with van der Waals surface area (Å²) >= 11 is 0. The lowest BCUT2D eigenvalue weighted by Crippen LogP contribution is -2.46. The SMILES string of the molecule is CCc1nc(C(N)=O)c(NN2/C(=C/C(=O)NO)c3ccc(cc3)OCCCCN3CCN(CC3)c3ccc2cc3OC)nc1NC1CCOCC1. The number of fused-ring (bicyclic) bond motifs is 1. The molecule has 2 saturated heterocycles. The largest absolute Gasteiger partial charge is 0.495 e. The van der Waals surface area contributed by atoms with E-state index >= 15 is 0 Å². The maximum Gasteiger partial charge on any atom is 0.271 e. The summed E-state index contributed by atoms with van der Waals surface area (Å²) in [7, 11) is 1.62. The first kappa shape index (κ1) is 35.7. The summed E-state index contributed by atoms with van der Waals surface area (Å²) in [6, 6.07) is 13.1. The molecular weight excluding hydrogens is 654 g/mol. The fraction of sp³-hybridized carbons (Fsp3) is 0.444. The number of methoxy groups -OCH3 is 1. The number of aromatic nitrogens is 2. The van der Waals surface area contributed by atoms with Gasteiger partial charge < -0.3 is 30.2 Å². The molecule has 10 rings (SSSR count). The predicted molar refractivity (Wildman–Crippen MR) is 194 cm³/mol. The van der Waals surface area contributed by atoms with Crippen molar-refractivity contribution in [2.24, 2.45) is 5.73 Å².